The molecular formula is C5H16ClNO2. The van der Waals surface area contributed by atoms with Gasteiger partial charge in [0.05, 0.1) is 34.4 Å². The average Bonchev–Trinajstić information content (AvgIpc) is 1.65. The molecule has 0 rings (SSSR count). The van der Waals surface area contributed by atoms with E-state index in [4.69, 9.17) is 10.2 Å². The molecule has 0 heterocycles. The molecule has 60 valence electrons. The second-order valence-corrected chi connectivity index (χ2v) is 1.95. The maximum atomic E-state index is 7.62. The van der Waals surface area contributed by atoms with Gasteiger partial charge in [-0.05, 0) is 0 Å². The van der Waals surface area contributed by atoms with E-state index in [9.17, 15) is 0 Å². The Kier molecular flexibility index (Phi) is 28.1. The van der Waals surface area contributed by atoms with Crippen molar-refractivity contribution < 1.29 is 27.5 Å². The fraction of sp³-hybridized carbons (Fsp3) is 1.00. The Bertz CT molecular complexity index is 31.4. The molecule has 0 fully saturated rings. The van der Waals surface area contributed by atoms with Crippen LogP contribution in [0.15, 0.2) is 0 Å². The van der Waals surface area contributed by atoms with Gasteiger partial charge in [-0.15, -0.1) is 0 Å². The van der Waals surface area contributed by atoms with Gasteiger partial charge in [-0.25, -0.2) is 0 Å². The number of aliphatic hydroxyl groups excluding tert-OH is 2. The first-order chi connectivity index (χ1) is 3.65. The monoisotopic (exact) mass is 157 g/mol. The fourth-order valence-electron chi connectivity index (χ4n) is 0. The number of aliphatic hydroxyl groups is 2. The Morgan fingerprint density at radius 1 is 1.00 bits per heavy atom. The lowest BCUT2D eigenvalue weighted by molar-refractivity contribution is -0.836. The highest BCUT2D eigenvalue weighted by molar-refractivity contribution is 4.06. The molecule has 0 radical (unpaired) electrons. The van der Waals surface area contributed by atoms with E-state index in [-0.39, 0.29) is 25.6 Å². The van der Waals surface area contributed by atoms with Crippen molar-refractivity contribution in [3.63, 3.8) is 0 Å². The Hall–Kier alpha value is 0.170. The molecule has 4 heteroatoms. The highest BCUT2D eigenvalue weighted by atomic mass is 35.5. The topological polar surface area (TPSA) is 44.9 Å². The van der Waals surface area contributed by atoms with Crippen LogP contribution >= 0.6 is 0 Å². The van der Waals surface area contributed by atoms with Crippen molar-refractivity contribution in [2.45, 2.75) is 0 Å². The molecule has 0 saturated carbocycles. The Labute approximate surface area is 62.7 Å². The standard InChI is InChI=1S/C3H9N.C2H6O2.ClH/c1-4(2)3;3-1-2-4;/h1-3H3;3-4H,1-2H2;1H. The quantitative estimate of drug-likeness (QED) is 0.356. The number of quaternary nitrogens is 1. The lowest BCUT2D eigenvalue weighted by Crippen LogP contribution is -3.02. The Morgan fingerprint density at radius 2 is 1.11 bits per heavy atom. The summed E-state index contributed by atoms with van der Waals surface area (Å²) in [6.45, 7) is -0.250. The summed E-state index contributed by atoms with van der Waals surface area (Å²) in [5, 5.41) is 15.2. The average molecular weight is 158 g/mol. The third kappa shape index (κ3) is 227. The van der Waals surface area contributed by atoms with Crippen molar-refractivity contribution >= 4 is 0 Å². The summed E-state index contributed by atoms with van der Waals surface area (Å²) in [5.74, 6) is 0. The highest BCUT2D eigenvalue weighted by Gasteiger charge is 1.61. The molecule has 0 amide bonds. The maximum absolute atomic E-state index is 7.62. The predicted molar refractivity (Wildman–Crippen MR) is 32.9 cm³/mol. The highest BCUT2D eigenvalue weighted by Crippen LogP contribution is 1.39. The van der Waals surface area contributed by atoms with Crippen LogP contribution in [0.2, 0.25) is 0 Å². The van der Waals surface area contributed by atoms with Crippen LogP contribution in [0.5, 0.6) is 0 Å². The second kappa shape index (κ2) is 15.7. The molecule has 0 atom stereocenters. The van der Waals surface area contributed by atoms with E-state index in [0.29, 0.717) is 0 Å². The van der Waals surface area contributed by atoms with E-state index in [1.165, 1.54) is 4.90 Å². The van der Waals surface area contributed by atoms with E-state index in [1.807, 2.05) is 0 Å². The van der Waals surface area contributed by atoms with Crippen molar-refractivity contribution in [2.24, 2.45) is 0 Å². The molecule has 0 aromatic heterocycles. The van der Waals surface area contributed by atoms with Gasteiger partial charge in [0.25, 0.3) is 0 Å². The van der Waals surface area contributed by atoms with E-state index < -0.39 is 0 Å². The molecule has 0 aromatic carbocycles. The number of hydrogen-bond acceptors (Lipinski definition) is 2. The molecule has 0 bridgehead atoms. The molecule has 0 spiro atoms. The van der Waals surface area contributed by atoms with Crippen LogP contribution in [0.4, 0.5) is 0 Å². The van der Waals surface area contributed by atoms with Crippen LogP contribution in [-0.2, 0) is 0 Å². The van der Waals surface area contributed by atoms with Gasteiger partial charge in [-0.1, -0.05) is 0 Å². The van der Waals surface area contributed by atoms with E-state index in [0.717, 1.165) is 0 Å². The molecule has 0 saturated heterocycles. The zero-order valence-corrected chi connectivity index (χ0v) is 6.94. The SMILES string of the molecule is C[NH+](C)C.OCCO.[Cl-]. The molecule has 3 nitrogen and oxygen atoms in total. The molecule has 0 unspecified atom stereocenters. The van der Waals surface area contributed by atoms with Gasteiger partial charge < -0.3 is 27.5 Å². The maximum Gasteiger partial charge on any atom is 0.0662 e. The van der Waals surface area contributed by atoms with Crippen LogP contribution in [0, 0.1) is 0 Å². The van der Waals surface area contributed by atoms with Gasteiger partial charge in [0.15, 0.2) is 0 Å². The van der Waals surface area contributed by atoms with Crippen LogP contribution in [0.25, 0.3) is 0 Å². The number of halogens is 1. The number of rotatable bonds is 1. The molecule has 0 aliphatic heterocycles. The van der Waals surface area contributed by atoms with Gasteiger partial charge >= 0.3 is 0 Å². The van der Waals surface area contributed by atoms with E-state index in [1.54, 1.807) is 0 Å². The van der Waals surface area contributed by atoms with Gasteiger partial charge in [0.2, 0.25) is 0 Å². The molecule has 3 N–H and O–H groups in total. The minimum absolute atomic E-state index is 0. The molecule has 0 aliphatic carbocycles. The molecule has 9 heavy (non-hydrogen) atoms. The van der Waals surface area contributed by atoms with Gasteiger partial charge in [0.1, 0.15) is 0 Å². The number of nitrogens with one attached hydrogen (secondary N) is 1. The van der Waals surface area contributed by atoms with Crippen LogP contribution < -0.4 is 17.3 Å². The fourth-order valence-corrected chi connectivity index (χ4v) is 0. The smallest absolute Gasteiger partial charge is 0.0662 e. The summed E-state index contributed by atoms with van der Waals surface area (Å²) in [6, 6.07) is 0. The largest absolute Gasteiger partial charge is 1.00 e. The summed E-state index contributed by atoms with van der Waals surface area (Å²) >= 11 is 0. The summed E-state index contributed by atoms with van der Waals surface area (Å²) in [6.07, 6.45) is 0. The predicted octanol–water partition coefficient (Wildman–Crippen LogP) is -5.26. The van der Waals surface area contributed by atoms with Crippen molar-refractivity contribution in [1.29, 1.82) is 0 Å². The zero-order chi connectivity index (χ0) is 6.99. The summed E-state index contributed by atoms with van der Waals surface area (Å²) in [5.41, 5.74) is 0. The van der Waals surface area contributed by atoms with Crippen molar-refractivity contribution in [1.82, 2.24) is 0 Å². The van der Waals surface area contributed by atoms with E-state index in [2.05, 4.69) is 21.1 Å². The van der Waals surface area contributed by atoms with Gasteiger partial charge in [-0.2, -0.15) is 0 Å². The van der Waals surface area contributed by atoms with Crippen molar-refractivity contribution in [3.05, 3.63) is 0 Å². The lowest BCUT2D eigenvalue weighted by Gasteiger charge is -1.88. The van der Waals surface area contributed by atoms with Crippen LogP contribution in [0.1, 0.15) is 0 Å². The van der Waals surface area contributed by atoms with Crippen LogP contribution in [0.3, 0.4) is 0 Å². The molecule has 0 aromatic rings. The van der Waals surface area contributed by atoms with Crippen molar-refractivity contribution in [2.75, 3.05) is 34.4 Å². The van der Waals surface area contributed by atoms with Gasteiger partial charge in [0, 0.05) is 0 Å². The van der Waals surface area contributed by atoms with Gasteiger partial charge in [-0.3, -0.25) is 0 Å². The Morgan fingerprint density at radius 3 is 1.11 bits per heavy atom. The molecule has 0 aliphatic rings. The van der Waals surface area contributed by atoms with Crippen LogP contribution in [-0.4, -0.2) is 44.6 Å². The first-order valence-electron chi connectivity index (χ1n) is 2.63. The normalized spacial score (nSPS) is 7.33. The Balaban J connectivity index is -0.0000000720. The molecular weight excluding hydrogens is 142 g/mol. The number of hydrogen-bond donors (Lipinski definition) is 3. The minimum atomic E-state index is -0.125. The lowest BCUT2D eigenvalue weighted by atomic mass is 10.8. The van der Waals surface area contributed by atoms with E-state index >= 15 is 0 Å². The summed E-state index contributed by atoms with van der Waals surface area (Å²) < 4.78 is 0. The first kappa shape index (κ1) is 16.1. The zero-order valence-electron chi connectivity index (χ0n) is 6.19. The third-order valence-electron chi connectivity index (χ3n) is 0.1000. The second-order valence-electron chi connectivity index (χ2n) is 1.95. The minimum Gasteiger partial charge on any atom is -1.00 e. The first-order valence-corrected chi connectivity index (χ1v) is 2.63. The summed E-state index contributed by atoms with van der Waals surface area (Å²) in [7, 11) is 6.25. The van der Waals surface area contributed by atoms with Crippen molar-refractivity contribution in [3.8, 4) is 0 Å². The summed E-state index contributed by atoms with van der Waals surface area (Å²) in [4.78, 5) is 1.42. The third-order valence-corrected chi connectivity index (χ3v) is 0.1000.